The zero-order chi connectivity index (χ0) is 30.6. The molecule has 11 rings (SSSR count). The van der Waals surface area contributed by atoms with E-state index in [1.54, 1.807) is 0 Å². The van der Waals surface area contributed by atoms with Gasteiger partial charge in [0.15, 0.2) is 16.7 Å². The maximum Gasteiger partial charge on any atom is 0.153 e. The van der Waals surface area contributed by atoms with Crippen LogP contribution in [0.1, 0.15) is 11.1 Å². The Kier molecular flexibility index (Phi) is 4.86. The molecule has 0 spiro atoms. The summed E-state index contributed by atoms with van der Waals surface area (Å²) >= 11 is 0. The number of aromatic nitrogens is 3. The maximum absolute atomic E-state index is 6.24. The molecule has 4 aromatic carbocycles. The Morgan fingerprint density at radius 1 is 0.404 bits per heavy atom. The molecule has 0 amide bonds. The predicted octanol–water partition coefficient (Wildman–Crippen LogP) is 10.7. The average molecular weight is 606 g/mol. The molecule has 6 heteroatoms. The third-order valence-electron chi connectivity index (χ3n) is 9.76. The minimum absolute atomic E-state index is 0.791. The lowest BCUT2D eigenvalue weighted by Gasteiger charge is -2.25. The first-order valence-electron chi connectivity index (χ1n) is 15.8. The van der Waals surface area contributed by atoms with Gasteiger partial charge >= 0.3 is 0 Å². The molecule has 0 atom stereocenters. The Hall–Kier alpha value is -6.27. The van der Waals surface area contributed by atoms with Crippen LogP contribution in [0.2, 0.25) is 0 Å². The van der Waals surface area contributed by atoms with Crippen LogP contribution in [0.5, 0.6) is 0 Å². The number of rotatable bonds is 2. The molecule has 0 N–H and O–H groups in total. The highest BCUT2D eigenvalue weighted by atomic mass is 16.3. The molecule has 10 aromatic rings. The van der Waals surface area contributed by atoms with Crippen LogP contribution in [0.4, 0.5) is 0 Å². The fourth-order valence-corrected chi connectivity index (χ4v) is 7.66. The summed E-state index contributed by atoms with van der Waals surface area (Å²) in [4.78, 5) is 14.0. The molecule has 0 unspecified atom stereocenters. The molecule has 6 aromatic heterocycles. The molecule has 6 nitrogen and oxygen atoms in total. The van der Waals surface area contributed by atoms with Crippen LogP contribution in [0, 0.1) is 0 Å². The van der Waals surface area contributed by atoms with Gasteiger partial charge in [0.2, 0.25) is 0 Å². The van der Waals surface area contributed by atoms with E-state index in [4.69, 9.17) is 18.2 Å². The van der Waals surface area contributed by atoms with Crippen LogP contribution in [-0.4, -0.2) is 15.0 Å². The van der Waals surface area contributed by atoms with E-state index >= 15 is 0 Å². The lowest BCUT2D eigenvalue weighted by Crippen LogP contribution is -2.07. The minimum Gasteiger partial charge on any atom is -0.454 e. The summed E-state index contributed by atoms with van der Waals surface area (Å²) in [5.74, 6) is 0. The summed E-state index contributed by atoms with van der Waals surface area (Å²) in [7, 11) is 0. The SMILES string of the molecule is c1cnc2c(c1)oc1ccc(-c3cc(-c4ccc5oc6cccnc6c5c4)c4c(c3)-c3ccc5oc6cccnc6c5c3CC4)cc12. The highest BCUT2D eigenvalue weighted by Gasteiger charge is 2.26. The highest BCUT2D eigenvalue weighted by Crippen LogP contribution is 2.46. The fraction of sp³-hybridized carbons (Fsp3) is 0.0488. The van der Waals surface area contributed by atoms with Crippen LogP contribution in [0.15, 0.2) is 129 Å². The average Bonchev–Trinajstić information content (AvgIpc) is 3.81. The normalized spacial score (nSPS) is 12.9. The number of hydrogen-bond acceptors (Lipinski definition) is 6. The zero-order valence-electron chi connectivity index (χ0n) is 25.0. The van der Waals surface area contributed by atoms with Gasteiger partial charge in [0.1, 0.15) is 33.3 Å². The first-order chi connectivity index (χ1) is 23.3. The van der Waals surface area contributed by atoms with Crippen molar-refractivity contribution in [1.29, 1.82) is 0 Å². The summed E-state index contributed by atoms with van der Waals surface area (Å²) in [6.45, 7) is 0. The molecule has 220 valence electrons. The van der Waals surface area contributed by atoms with E-state index in [1.165, 1.54) is 27.8 Å². The van der Waals surface area contributed by atoms with E-state index in [1.807, 2.05) is 55.0 Å². The Morgan fingerprint density at radius 2 is 0.957 bits per heavy atom. The fourth-order valence-electron chi connectivity index (χ4n) is 7.66. The molecule has 0 aliphatic heterocycles. The molecule has 6 heterocycles. The lowest BCUT2D eigenvalue weighted by molar-refractivity contribution is 0.667. The van der Waals surface area contributed by atoms with Gasteiger partial charge in [-0.15, -0.1) is 0 Å². The van der Waals surface area contributed by atoms with Gasteiger partial charge < -0.3 is 13.3 Å². The first kappa shape index (κ1) is 25.0. The maximum atomic E-state index is 6.24. The van der Waals surface area contributed by atoms with Crippen molar-refractivity contribution in [3.63, 3.8) is 0 Å². The zero-order valence-corrected chi connectivity index (χ0v) is 25.0. The smallest absolute Gasteiger partial charge is 0.153 e. The quantitative estimate of drug-likeness (QED) is 0.195. The molecular formula is C41H23N3O3. The van der Waals surface area contributed by atoms with Crippen molar-refractivity contribution in [2.24, 2.45) is 0 Å². The van der Waals surface area contributed by atoms with Crippen molar-refractivity contribution >= 4 is 66.2 Å². The van der Waals surface area contributed by atoms with Crippen LogP contribution in [0.3, 0.4) is 0 Å². The largest absolute Gasteiger partial charge is 0.454 e. The van der Waals surface area contributed by atoms with Gasteiger partial charge in [-0.05, 0) is 136 Å². The number of nitrogens with zero attached hydrogens (tertiary/aromatic N) is 3. The summed E-state index contributed by atoms with van der Waals surface area (Å²) in [6.07, 6.45) is 7.28. The van der Waals surface area contributed by atoms with Crippen molar-refractivity contribution in [3.8, 4) is 33.4 Å². The third kappa shape index (κ3) is 3.52. The van der Waals surface area contributed by atoms with E-state index in [9.17, 15) is 0 Å². The van der Waals surface area contributed by atoms with Crippen molar-refractivity contribution in [2.45, 2.75) is 12.8 Å². The van der Waals surface area contributed by atoms with Gasteiger partial charge in [-0.2, -0.15) is 0 Å². The van der Waals surface area contributed by atoms with E-state index in [-0.39, 0.29) is 0 Å². The first-order valence-corrected chi connectivity index (χ1v) is 15.8. The molecule has 0 saturated carbocycles. The molecule has 0 fully saturated rings. The monoisotopic (exact) mass is 605 g/mol. The van der Waals surface area contributed by atoms with E-state index in [0.29, 0.717) is 0 Å². The molecule has 47 heavy (non-hydrogen) atoms. The predicted molar refractivity (Wildman–Crippen MR) is 185 cm³/mol. The summed E-state index contributed by atoms with van der Waals surface area (Å²) in [6, 6.07) is 33.6. The topological polar surface area (TPSA) is 78.1 Å². The van der Waals surface area contributed by atoms with Gasteiger partial charge in [-0.3, -0.25) is 15.0 Å². The highest BCUT2D eigenvalue weighted by molar-refractivity contribution is 6.09. The van der Waals surface area contributed by atoms with Gasteiger partial charge in [-0.1, -0.05) is 18.2 Å². The van der Waals surface area contributed by atoms with Gasteiger partial charge in [0, 0.05) is 29.4 Å². The molecule has 1 aliphatic carbocycles. The molecule has 1 aliphatic rings. The van der Waals surface area contributed by atoms with Crippen molar-refractivity contribution in [1.82, 2.24) is 15.0 Å². The molecule has 0 bridgehead atoms. The Labute approximate surface area is 266 Å². The second-order valence-corrected chi connectivity index (χ2v) is 12.3. The second kappa shape index (κ2) is 9.14. The number of benzene rings is 4. The summed E-state index contributed by atoms with van der Waals surface area (Å²) in [5, 5.41) is 3.14. The second-order valence-electron chi connectivity index (χ2n) is 12.3. The summed E-state index contributed by atoms with van der Waals surface area (Å²) in [5.41, 5.74) is 17.3. The van der Waals surface area contributed by atoms with E-state index in [0.717, 1.165) is 95.7 Å². The molecular weight excluding hydrogens is 582 g/mol. The van der Waals surface area contributed by atoms with Crippen molar-refractivity contribution < 1.29 is 13.3 Å². The van der Waals surface area contributed by atoms with Crippen LogP contribution in [-0.2, 0) is 12.8 Å². The standard InChI is InChI=1S/C41H23N3O3/c1-4-35-39(42-15-1)30-18-22(7-12-32(30)45-35)24-20-28(23-8-13-33-31(19-23)40-36(46-33)5-2-16-43-40)26-9-10-27-25(29(26)21-24)11-14-34-38(27)41-37(47-34)6-3-17-44-41/h1-8,11-21H,9-10H2. The molecule has 0 radical (unpaired) electrons. The molecule has 0 saturated heterocycles. The number of aryl methyl sites for hydroxylation is 1. The van der Waals surface area contributed by atoms with Crippen LogP contribution < -0.4 is 0 Å². The summed E-state index contributed by atoms with van der Waals surface area (Å²) < 4.78 is 18.5. The third-order valence-corrected chi connectivity index (χ3v) is 9.76. The van der Waals surface area contributed by atoms with Crippen LogP contribution >= 0.6 is 0 Å². The Morgan fingerprint density at radius 3 is 1.68 bits per heavy atom. The minimum atomic E-state index is 0.791. The number of hydrogen-bond donors (Lipinski definition) is 0. The van der Waals surface area contributed by atoms with Gasteiger partial charge in [0.05, 0.1) is 5.39 Å². The number of pyridine rings is 3. The van der Waals surface area contributed by atoms with Gasteiger partial charge in [0.25, 0.3) is 0 Å². The number of fused-ring (bicyclic) bond motifs is 13. The lowest BCUT2D eigenvalue weighted by atomic mass is 9.79. The van der Waals surface area contributed by atoms with Gasteiger partial charge in [-0.25, -0.2) is 0 Å². The van der Waals surface area contributed by atoms with E-state index in [2.05, 4.69) is 70.6 Å². The Bertz CT molecular complexity index is 2910. The Balaban J connectivity index is 1.20. The number of furan rings is 3. The van der Waals surface area contributed by atoms with Crippen molar-refractivity contribution in [2.75, 3.05) is 0 Å². The van der Waals surface area contributed by atoms with Crippen LogP contribution in [0.25, 0.3) is 99.6 Å². The van der Waals surface area contributed by atoms with Crippen molar-refractivity contribution in [3.05, 3.63) is 127 Å². The van der Waals surface area contributed by atoms with E-state index < -0.39 is 0 Å².